The van der Waals surface area contributed by atoms with Crippen LogP contribution in [0.4, 0.5) is 0 Å². The molecular formula is C11H24N2O2. The molecule has 4 heteroatoms. The molecule has 0 aliphatic rings. The molecule has 0 saturated carbocycles. The first-order valence-corrected chi connectivity index (χ1v) is 5.70. The minimum Gasteiger partial charge on any atom is -0.395 e. The molecule has 0 aliphatic heterocycles. The first-order chi connectivity index (χ1) is 7.12. The van der Waals surface area contributed by atoms with Crippen molar-refractivity contribution in [3.05, 3.63) is 0 Å². The number of carbonyl (C=O) groups is 1. The summed E-state index contributed by atoms with van der Waals surface area (Å²) in [7, 11) is 1.64. The molecule has 2 N–H and O–H groups in total. The van der Waals surface area contributed by atoms with E-state index in [1.165, 1.54) is 0 Å². The fourth-order valence-electron chi connectivity index (χ4n) is 1.93. The van der Waals surface area contributed by atoms with Crippen molar-refractivity contribution in [3.63, 3.8) is 0 Å². The molecule has 15 heavy (non-hydrogen) atoms. The smallest absolute Gasteiger partial charge is 0.236 e. The summed E-state index contributed by atoms with van der Waals surface area (Å²) in [6.07, 6.45) is 2.00. The van der Waals surface area contributed by atoms with E-state index in [9.17, 15) is 4.79 Å². The van der Waals surface area contributed by atoms with E-state index < -0.39 is 0 Å². The monoisotopic (exact) mass is 216 g/mol. The third-order valence-corrected chi connectivity index (χ3v) is 2.89. The topological polar surface area (TPSA) is 52.6 Å². The van der Waals surface area contributed by atoms with E-state index in [-0.39, 0.29) is 18.6 Å². The van der Waals surface area contributed by atoms with Gasteiger partial charge in [0.1, 0.15) is 0 Å². The standard InChI is InChI=1S/C11H24N2O2/c1-5-10(6-2)13(7-8-14)9(3)11(15)12-4/h9-10,14H,5-8H2,1-4H3,(H,12,15). The molecule has 0 fully saturated rings. The molecule has 1 amide bonds. The molecule has 0 aromatic rings. The summed E-state index contributed by atoms with van der Waals surface area (Å²) < 4.78 is 0. The Balaban J connectivity index is 4.54. The summed E-state index contributed by atoms with van der Waals surface area (Å²) in [6, 6.07) is 0.191. The van der Waals surface area contributed by atoms with Crippen molar-refractivity contribution >= 4 is 5.91 Å². The van der Waals surface area contributed by atoms with E-state index in [0.717, 1.165) is 12.8 Å². The van der Waals surface area contributed by atoms with Crippen LogP contribution in [0.5, 0.6) is 0 Å². The van der Waals surface area contributed by atoms with Crippen LogP contribution in [0.1, 0.15) is 33.6 Å². The lowest BCUT2D eigenvalue weighted by molar-refractivity contribution is -0.126. The number of hydrogen-bond acceptors (Lipinski definition) is 3. The van der Waals surface area contributed by atoms with Gasteiger partial charge >= 0.3 is 0 Å². The Hall–Kier alpha value is -0.610. The van der Waals surface area contributed by atoms with Crippen LogP contribution in [-0.2, 0) is 4.79 Å². The van der Waals surface area contributed by atoms with Crippen LogP contribution in [0.2, 0.25) is 0 Å². The Kier molecular flexibility index (Phi) is 7.34. The number of rotatable bonds is 7. The molecule has 90 valence electrons. The lowest BCUT2D eigenvalue weighted by Gasteiger charge is -2.34. The number of aliphatic hydroxyl groups is 1. The van der Waals surface area contributed by atoms with Crippen LogP contribution in [0.3, 0.4) is 0 Å². The number of nitrogens with one attached hydrogen (secondary N) is 1. The third kappa shape index (κ3) is 4.18. The molecule has 1 unspecified atom stereocenters. The van der Waals surface area contributed by atoms with Crippen molar-refractivity contribution in [1.29, 1.82) is 0 Å². The van der Waals surface area contributed by atoms with Crippen LogP contribution < -0.4 is 5.32 Å². The van der Waals surface area contributed by atoms with E-state index in [2.05, 4.69) is 24.1 Å². The Morgan fingerprint density at radius 1 is 1.40 bits per heavy atom. The van der Waals surface area contributed by atoms with Gasteiger partial charge in [-0.25, -0.2) is 0 Å². The Morgan fingerprint density at radius 2 is 1.93 bits per heavy atom. The van der Waals surface area contributed by atoms with Crippen LogP contribution >= 0.6 is 0 Å². The maximum absolute atomic E-state index is 11.5. The highest BCUT2D eigenvalue weighted by Crippen LogP contribution is 2.12. The Morgan fingerprint density at radius 3 is 2.27 bits per heavy atom. The average molecular weight is 216 g/mol. The summed E-state index contributed by atoms with van der Waals surface area (Å²) in [5, 5.41) is 11.7. The summed E-state index contributed by atoms with van der Waals surface area (Å²) in [6.45, 7) is 6.75. The van der Waals surface area contributed by atoms with Crippen molar-refractivity contribution in [2.45, 2.75) is 45.7 Å². The van der Waals surface area contributed by atoms with Gasteiger partial charge in [-0.05, 0) is 19.8 Å². The second-order valence-corrected chi connectivity index (χ2v) is 3.72. The zero-order valence-electron chi connectivity index (χ0n) is 10.3. The number of likely N-dealkylation sites (N-methyl/N-ethyl adjacent to an activating group) is 1. The average Bonchev–Trinajstić information content (AvgIpc) is 2.27. The lowest BCUT2D eigenvalue weighted by Crippen LogP contribution is -2.49. The predicted molar refractivity (Wildman–Crippen MR) is 61.7 cm³/mol. The molecule has 0 rings (SSSR count). The summed E-state index contributed by atoms with van der Waals surface area (Å²) >= 11 is 0. The quantitative estimate of drug-likeness (QED) is 0.655. The second-order valence-electron chi connectivity index (χ2n) is 3.72. The van der Waals surface area contributed by atoms with Gasteiger partial charge in [0, 0.05) is 19.6 Å². The molecular weight excluding hydrogens is 192 g/mol. The molecule has 0 heterocycles. The Labute approximate surface area is 92.7 Å². The van der Waals surface area contributed by atoms with Gasteiger partial charge < -0.3 is 10.4 Å². The van der Waals surface area contributed by atoms with E-state index in [1.54, 1.807) is 7.05 Å². The van der Waals surface area contributed by atoms with Gasteiger partial charge in [0.25, 0.3) is 0 Å². The minimum atomic E-state index is -0.174. The van der Waals surface area contributed by atoms with E-state index in [0.29, 0.717) is 12.6 Å². The Bertz CT molecular complexity index is 181. The highest BCUT2D eigenvalue weighted by molar-refractivity contribution is 5.81. The zero-order valence-corrected chi connectivity index (χ0v) is 10.3. The van der Waals surface area contributed by atoms with Gasteiger partial charge in [-0.1, -0.05) is 13.8 Å². The molecule has 1 atom stereocenters. The van der Waals surface area contributed by atoms with E-state index >= 15 is 0 Å². The summed E-state index contributed by atoms with van der Waals surface area (Å²) in [4.78, 5) is 13.6. The first-order valence-electron chi connectivity index (χ1n) is 5.70. The van der Waals surface area contributed by atoms with Crippen molar-refractivity contribution in [2.75, 3.05) is 20.2 Å². The number of carbonyl (C=O) groups excluding carboxylic acids is 1. The molecule has 0 aromatic carbocycles. The number of hydrogen-bond donors (Lipinski definition) is 2. The number of amides is 1. The van der Waals surface area contributed by atoms with E-state index in [4.69, 9.17) is 5.11 Å². The molecule has 0 spiro atoms. The predicted octanol–water partition coefficient (Wildman–Crippen LogP) is 0.604. The fraction of sp³-hybridized carbons (Fsp3) is 0.909. The largest absolute Gasteiger partial charge is 0.395 e. The summed E-state index contributed by atoms with van der Waals surface area (Å²) in [5.74, 6) is 0.00958. The van der Waals surface area contributed by atoms with Gasteiger partial charge in [0.2, 0.25) is 5.91 Å². The van der Waals surface area contributed by atoms with Crippen LogP contribution in [0.25, 0.3) is 0 Å². The van der Waals surface area contributed by atoms with Gasteiger partial charge in [-0.3, -0.25) is 9.69 Å². The first kappa shape index (κ1) is 14.4. The van der Waals surface area contributed by atoms with Crippen molar-refractivity contribution in [1.82, 2.24) is 10.2 Å². The molecule has 0 bridgehead atoms. The highest BCUT2D eigenvalue weighted by Gasteiger charge is 2.24. The SMILES string of the molecule is CCC(CC)N(CCO)C(C)C(=O)NC. The van der Waals surface area contributed by atoms with Crippen LogP contribution in [0.15, 0.2) is 0 Å². The van der Waals surface area contributed by atoms with Gasteiger partial charge in [-0.15, -0.1) is 0 Å². The van der Waals surface area contributed by atoms with Crippen molar-refractivity contribution < 1.29 is 9.90 Å². The minimum absolute atomic E-state index is 0.00958. The lowest BCUT2D eigenvalue weighted by atomic mass is 10.1. The zero-order chi connectivity index (χ0) is 11.8. The number of aliphatic hydroxyl groups excluding tert-OH is 1. The van der Waals surface area contributed by atoms with Gasteiger partial charge in [0.15, 0.2) is 0 Å². The second kappa shape index (κ2) is 7.65. The molecule has 0 radical (unpaired) electrons. The number of nitrogens with zero attached hydrogens (tertiary/aromatic N) is 1. The molecule has 0 saturated heterocycles. The molecule has 0 aliphatic carbocycles. The third-order valence-electron chi connectivity index (χ3n) is 2.89. The fourth-order valence-corrected chi connectivity index (χ4v) is 1.93. The van der Waals surface area contributed by atoms with Crippen LogP contribution in [0, 0.1) is 0 Å². The maximum Gasteiger partial charge on any atom is 0.236 e. The van der Waals surface area contributed by atoms with Gasteiger partial charge in [-0.2, -0.15) is 0 Å². The normalized spacial score (nSPS) is 13.3. The molecule has 4 nitrogen and oxygen atoms in total. The maximum atomic E-state index is 11.5. The van der Waals surface area contributed by atoms with Gasteiger partial charge in [0.05, 0.1) is 12.6 Å². The summed E-state index contributed by atoms with van der Waals surface area (Å²) in [5.41, 5.74) is 0. The molecule has 0 aromatic heterocycles. The van der Waals surface area contributed by atoms with Crippen LogP contribution in [-0.4, -0.2) is 48.2 Å². The highest BCUT2D eigenvalue weighted by atomic mass is 16.3. The van der Waals surface area contributed by atoms with E-state index in [1.807, 2.05) is 6.92 Å². The van der Waals surface area contributed by atoms with Crippen molar-refractivity contribution in [2.24, 2.45) is 0 Å². The van der Waals surface area contributed by atoms with Crippen molar-refractivity contribution in [3.8, 4) is 0 Å².